The minimum absolute atomic E-state index is 0.119. The maximum absolute atomic E-state index is 12.3. The molecule has 2 heterocycles. The molecule has 26 heavy (non-hydrogen) atoms. The van der Waals surface area contributed by atoms with Gasteiger partial charge in [-0.15, -0.1) is 0 Å². The highest BCUT2D eigenvalue weighted by atomic mass is 16.7. The third kappa shape index (κ3) is 3.75. The zero-order valence-electron chi connectivity index (χ0n) is 14.6. The molecule has 2 aromatic rings. The molecule has 0 bridgehead atoms. The lowest BCUT2D eigenvalue weighted by atomic mass is 10.0. The molecule has 0 radical (unpaired) electrons. The van der Waals surface area contributed by atoms with Gasteiger partial charge in [0.15, 0.2) is 11.5 Å². The largest absolute Gasteiger partial charge is 0.454 e. The van der Waals surface area contributed by atoms with Crippen molar-refractivity contribution in [2.45, 2.75) is 18.9 Å². The number of carbonyl (C=O) groups excluding carboxylic acids is 1. The van der Waals surface area contributed by atoms with Gasteiger partial charge in [0.25, 0.3) is 0 Å². The SMILES string of the molecule is O=C(NCC(c1ccc2c(c1)OCO2)N1CCCC1)Nc1ccccc1. The van der Waals surface area contributed by atoms with Gasteiger partial charge in [0, 0.05) is 12.2 Å². The van der Waals surface area contributed by atoms with Gasteiger partial charge in [-0.2, -0.15) is 0 Å². The van der Waals surface area contributed by atoms with Crippen LogP contribution in [-0.2, 0) is 0 Å². The quantitative estimate of drug-likeness (QED) is 0.865. The zero-order chi connectivity index (χ0) is 17.8. The highest BCUT2D eigenvalue weighted by Gasteiger charge is 2.26. The van der Waals surface area contributed by atoms with Crippen molar-refractivity contribution in [1.29, 1.82) is 0 Å². The highest BCUT2D eigenvalue weighted by Crippen LogP contribution is 2.36. The molecular weight excluding hydrogens is 330 g/mol. The topological polar surface area (TPSA) is 62.8 Å². The van der Waals surface area contributed by atoms with Crippen LogP contribution in [0.25, 0.3) is 0 Å². The second-order valence-electron chi connectivity index (χ2n) is 6.57. The van der Waals surface area contributed by atoms with Gasteiger partial charge >= 0.3 is 6.03 Å². The molecule has 2 aliphatic rings. The van der Waals surface area contributed by atoms with Gasteiger partial charge < -0.3 is 20.1 Å². The standard InChI is InChI=1S/C20H23N3O3/c24-20(22-16-6-2-1-3-7-16)21-13-17(23-10-4-5-11-23)15-8-9-18-19(12-15)26-14-25-18/h1-3,6-9,12,17H,4-5,10-11,13-14H2,(H2,21,22,24). The van der Waals surface area contributed by atoms with Crippen molar-refractivity contribution < 1.29 is 14.3 Å². The Labute approximate surface area is 153 Å². The summed E-state index contributed by atoms with van der Waals surface area (Å²) in [5.74, 6) is 1.56. The van der Waals surface area contributed by atoms with E-state index in [0.717, 1.165) is 35.8 Å². The van der Waals surface area contributed by atoms with Gasteiger partial charge in [-0.3, -0.25) is 4.90 Å². The number of likely N-dealkylation sites (tertiary alicyclic amines) is 1. The van der Waals surface area contributed by atoms with E-state index >= 15 is 0 Å². The van der Waals surface area contributed by atoms with Crippen molar-refractivity contribution in [3.8, 4) is 11.5 Å². The number of hydrogen-bond acceptors (Lipinski definition) is 4. The number of carbonyl (C=O) groups is 1. The molecule has 4 rings (SSSR count). The van der Waals surface area contributed by atoms with Gasteiger partial charge in [-0.05, 0) is 55.8 Å². The van der Waals surface area contributed by atoms with E-state index in [4.69, 9.17) is 9.47 Å². The molecule has 1 saturated heterocycles. The summed E-state index contributed by atoms with van der Waals surface area (Å²) in [6.07, 6.45) is 2.38. The van der Waals surface area contributed by atoms with Crippen molar-refractivity contribution >= 4 is 11.7 Å². The summed E-state index contributed by atoms with van der Waals surface area (Å²) < 4.78 is 10.9. The van der Waals surface area contributed by atoms with E-state index < -0.39 is 0 Å². The van der Waals surface area contributed by atoms with Crippen molar-refractivity contribution in [1.82, 2.24) is 10.2 Å². The van der Waals surface area contributed by atoms with Crippen molar-refractivity contribution in [3.05, 3.63) is 54.1 Å². The van der Waals surface area contributed by atoms with Crippen LogP contribution in [0, 0.1) is 0 Å². The molecule has 0 spiro atoms. The smallest absolute Gasteiger partial charge is 0.319 e. The highest BCUT2D eigenvalue weighted by molar-refractivity contribution is 5.89. The number of anilines is 1. The molecule has 2 aliphatic heterocycles. The van der Waals surface area contributed by atoms with Crippen molar-refractivity contribution in [3.63, 3.8) is 0 Å². The number of hydrogen-bond donors (Lipinski definition) is 2. The van der Waals surface area contributed by atoms with Crippen LogP contribution in [-0.4, -0.2) is 37.4 Å². The second-order valence-corrected chi connectivity index (χ2v) is 6.57. The molecule has 0 aliphatic carbocycles. The van der Waals surface area contributed by atoms with E-state index in [0.29, 0.717) is 6.54 Å². The molecule has 136 valence electrons. The molecule has 2 aromatic carbocycles. The maximum Gasteiger partial charge on any atom is 0.319 e. The Morgan fingerprint density at radius 3 is 2.62 bits per heavy atom. The Hall–Kier alpha value is -2.73. The third-order valence-corrected chi connectivity index (χ3v) is 4.85. The number of urea groups is 1. The number of fused-ring (bicyclic) bond motifs is 1. The lowest BCUT2D eigenvalue weighted by Crippen LogP contribution is -2.38. The molecule has 1 fully saturated rings. The van der Waals surface area contributed by atoms with Crippen LogP contribution in [0.3, 0.4) is 0 Å². The predicted octanol–water partition coefficient (Wildman–Crippen LogP) is 3.37. The molecule has 2 amide bonds. The minimum atomic E-state index is -0.193. The van der Waals surface area contributed by atoms with Gasteiger partial charge in [0.1, 0.15) is 0 Å². The first-order valence-electron chi connectivity index (χ1n) is 9.03. The van der Waals surface area contributed by atoms with Gasteiger partial charge in [-0.1, -0.05) is 24.3 Å². The monoisotopic (exact) mass is 353 g/mol. The van der Waals surface area contributed by atoms with Crippen LogP contribution < -0.4 is 20.1 Å². The number of para-hydroxylation sites is 1. The number of ether oxygens (including phenoxy) is 2. The fourth-order valence-electron chi connectivity index (χ4n) is 3.52. The fourth-order valence-corrected chi connectivity index (χ4v) is 3.52. The van der Waals surface area contributed by atoms with E-state index in [1.165, 1.54) is 12.8 Å². The fraction of sp³-hybridized carbons (Fsp3) is 0.350. The van der Waals surface area contributed by atoms with Crippen LogP contribution in [0.1, 0.15) is 24.4 Å². The number of rotatable bonds is 5. The summed E-state index contributed by atoms with van der Waals surface area (Å²) in [6, 6.07) is 15.4. The molecular formula is C20H23N3O3. The number of benzene rings is 2. The first-order chi connectivity index (χ1) is 12.8. The molecule has 0 aromatic heterocycles. The Morgan fingerprint density at radius 1 is 1.04 bits per heavy atom. The van der Waals surface area contributed by atoms with Gasteiger partial charge in [0.05, 0.1) is 6.04 Å². The first-order valence-corrected chi connectivity index (χ1v) is 9.03. The lowest BCUT2D eigenvalue weighted by Gasteiger charge is -2.28. The maximum atomic E-state index is 12.3. The average Bonchev–Trinajstić information content (AvgIpc) is 3.34. The molecule has 1 atom stereocenters. The Balaban J connectivity index is 1.44. The molecule has 6 nitrogen and oxygen atoms in total. The number of nitrogens with one attached hydrogen (secondary N) is 2. The van der Waals surface area contributed by atoms with Crippen molar-refractivity contribution in [2.24, 2.45) is 0 Å². The van der Waals surface area contributed by atoms with Crippen LogP contribution in [0.5, 0.6) is 11.5 Å². The Morgan fingerprint density at radius 2 is 1.81 bits per heavy atom. The summed E-state index contributed by atoms with van der Waals surface area (Å²) in [5.41, 5.74) is 1.92. The normalized spacial score (nSPS) is 17.1. The van der Waals surface area contributed by atoms with Gasteiger partial charge in [0.2, 0.25) is 6.79 Å². The number of amides is 2. The van der Waals surface area contributed by atoms with Gasteiger partial charge in [-0.25, -0.2) is 4.79 Å². The van der Waals surface area contributed by atoms with E-state index in [-0.39, 0.29) is 18.9 Å². The van der Waals surface area contributed by atoms with E-state index in [2.05, 4.69) is 21.6 Å². The molecule has 0 saturated carbocycles. The van der Waals surface area contributed by atoms with E-state index in [9.17, 15) is 4.79 Å². The lowest BCUT2D eigenvalue weighted by molar-refractivity contribution is 0.173. The summed E-state index contributed by atoms with van der Waals surface area (Å²) in [6.45, 7) is 2.89. The first kappa shape index (κ1) is 16.7. The average molecular weight is 353 g/mol. The van der Waals surface area contributed by atoms with Crippen molar-refractivity contribution in [2.75, 3.05) is 31.7 Å². The van der Waals surface area contributed by atoms with Crippen LogP contribution in [0.15, 0.2) is 48.5 Å². The summed E-state index contributed by atoms with van der Waals surface area (Å²) in [4.78, 5) is 14.7. The van der Waals surface area contributed by atoms with E-state index in [1.54, 1.807) is 0 Å². The Bertz CT molecular complexity index is 760. The summed E-state index contributed by atoms with van der Waals surface area (Å²) in [5, 5.41) is 5.88. The van der Waals surface area contributed by atoms with Crippen LogP contribution in [0.2, 0.25) is 0 Å². The van der Waals surface area contributed by atoms with Crippen LogP contribution in [0.4, 0.5) is 10.5 Å². The number of nitrogens with zero attached hydrogens (tertiary/aromatic N) is 1. The minimum Gasteiger partial charge on any atom is -0.454 e. The summed E-state index contributed by atoms with van der Waals surface area (Å²) in [7, 11) is 0. The van der Waals surface area contributed by atoms with Crippen LogP contribution >= 0.6 is 0 Å². The Kier molecular flexibility index (Phi) is 4.93. The summed E-state index contributed by atoms with van der Waals surface area (Å²) >= 11 is 0. The molecule has 6 heteroatoms. The molecule has 1 unspecified atom stereocenters. The predicted molar refractivity (Wildman–Crippen MR) is 99.6 cm³/mol. The second kappa shape index (κ2) is 7.66. The molecule has 2 N–H and O–H groups in total. The van der Waals surface area contributed by atoms with E-state index in [1.807, 2.05) is 42.5 Å². The third-order valence-electron chi connectivity index (χ3n) is 4.85. The zero-order valence-corrected chi connectivity index (χ0v) is 14.6.